The minimum atomic E-state index is -0.337. The number of fused-ring (bicyclic) bond motifs is 2. The third-order valence-electron chi connectivity index (χ3n) is 6.91. The number of H-pyrrole nitrogens is 1. The van der Waals surface area contributed by atoms with Crippen LogP contribution >= 0.6 is 0 Å². The summed E-state index contributed by atoms with van der Waals surface area (Å²) in [7, 11) is 1.56. The smallest absolute Gasteiger partial charge is 0.306 e. The van der Waals surface area contributed by atoms with Crippen molar-refractivity contribution in [2.75, 3.05) is 24.4 Å². The quantitative estimate of drug-likeness (QED) is 0.286. The van der Waals surface area contributed by atoms with E-state index in [-0.39, 0.29) is 36.6 Å². The van der Waals surface area contributed by atoms with Crippen molar-refractivity contribution < 1.29 is 28.7 Å². The van der Waals surface area contributed by atoms with Gasteiger partial charge in [-0.25, -0.2) is 0 Å². The number of ether oxygens (including phenoxy) is 2. The number of hydrogen-bond donors (Lipinski definition) is 3. The molecule has 3 aromatic rings. The summed E-state index contributed by atoms with van der Waals surface area (Å²) in [6, 6.07) is 12.0. The predicted molar refractivity (Wildman–Crippen MR) is 147 cm³/mol. The summed E-state index contributed by atoms with van der Waals surface area (Å²) in [6.07, 6.45) is 4.10. The van der Waals surface area contributed by atoms with E-state index >= 15 is 0 Å². The van der Waals surface area contributed by atoms with Crippen LogP contribution in [0.2, 0.25) is 0 Å². The number of aryl methyl sites for hydroxylation is 1. The minimum absolute atomic E-state index is 0.0378. The molecule has 2 heterocycles. The number of rotatable bonds is 8. The second-order valence-electron chi connectivity index (χ2n) is 9.41. The number of ketones is 1. The van der Waals surface area contributed by atoms with Crippen molar-refractivity contribution in [3.8, 4) is 5.75 Å². The number of aromatic amines is 1. The maximum atomic E-state index is 13.0. The molecule has 3 N–H and O–H groups in total. The van der Waals surface area contributed by atoms with E-state index in [2.05, 4.69) is 15.6 Å². The Balaban J connectivity index is 1.46. The van der Waals surface area contributed by atoms with Crippen LogP contribution in [0.15, 0.2) is 42.5 Å². The highest BCUT2D eigenvalue weighted by atomic mass is 16.5. The molecule has 0 atom stereocenters. The first-order chi connectivity index (χ1) is 18.9. The summed E-state index contributed by atoms with van der Waals surface area (Å²) in [4.78, 5) is 54.0. The molecule has 1 aliphatic heterocycles. The summed E-state index contributed by atoms with van der Waals surface area (Å²) < 4.78 is 10.2. The van der Waals surface area contributed by atoms with Gasteiger partial charge in [0.15, 0.2) is 5.78 Å². The first kappa shape index (κ1) is 26.0. The Morgan fingerprint density at radius 3 is 2.62 bits per heavy atom. The first-order valence-corrected chi connectivity index (χ1v) is 12.9. The third kappa shape index (κ3) is 5.34. The standard InChI is InChI=1S/C30H29N3O6/c1-3-39-27(35)14-12-20-25(32-24-5-4-6-26(34)28(20)24)16-22-21-15-18(9-13-23(21)33-30(22)37)31-29(36)17-7-10-19(38-2)11-8-17/h7-11,13,15-16,32H,3-6,12,14H2,1-2H3,(H,31,36)(H,33,37)/b22-16-. The van der Waals surface area contributed by atoms with Gasteiger partial charge in [-0.2, -0.15) is 0 Å². The second-order valence-corrected chi connectivity index (χ2v) is 9.41. The predicted octanol–water partition coefficient (Wildman–Crippen LogP) is 4.78. The molecule has 0 fully saturated rings. The SMILES string of the molecule is CCOC(=O)CCc1c(/C=C2\C(=O)Nc3ccc(NC(=O)c4ccc(OC)cc4)cc32)[nH]c2c1C(=O)CCC2. The second kappa shape index (κ2) is 11.0. The zero-order valence-electron chi connectivity index (χ0n) is 21.8. The molecular formula is C30H29N3O6. The van der Waals surface area contributed by atoms with E-state index in [1.165, 1.54) is 0 Å². The number of anilines is 2. The van der Waals surface area contributed by atoms with Gasteiger partial charge >= 0.3 is 5.97 Å². The number of methoxy groups -OCH3 is 1. The summed E-state index contributed by atoms with van der Waals surface area (Å²) >= 11 is 0. The lowest BCUT2D eigenvalue weighted by Gasteiger charge is -2.11. The van der Waals surface area contributed by atoms with Gasteiger partial charge in [0.25, 0.3) is 11.8 Å². The van der Waals surface area contributed by atoms with Gasteiger partial charge in [-0.3, -0.25) is 19.2 Å². The summed E-state index contributed by atoms with van der Waals surface area (Å²) in [5, 5.41) is 5.74. The fraction of sp³-hybridized carbons (Fsp3) is 0.267. The Hall–Kier alpha value is -4.66. The van der Waals surface area contributed by atoms with Crippen LogP contribution in [0, 0.1) is 0 Å². The number of amides is 2. The number of hydrogen-bond acceptors (Lipinski definition) is 6. The number of Topliss-reactive ketones (excluding diaryl/α,β-unsaturated/α-hetero) is 1. The van der Waals surface area contributed by atoms with Crippen LogP contribution in [0.3, 0.4) is 0 Å². The monoisotopic (exact) mass is 527 g/mol. The number of esters is 1. The molecule has 1 aliphatic carbocycles. The molecule has 0 unspecified atom stereocenters. The van der Waals surface area contributed by atoms with E-state index in [1.54, 1.807) is 62.6 Å². The van der Waals surface area contributed by atoms with Gasteiger partial charge in [0.1, 0.15) is 5.75 Å². The normalized spacial score (nSPS) is 15.0. The van der Waals surface area contributed by atoms with Crippen LogP contribution in [-0.2, 0) is 27.2 Å². The number of aromatic nitrogens is 1. The zero-order chi connectivity index (χ0) is 27.5. The van der Waals surface area contributed by atoms with Gasteiger partial charge in [-0.05, 0) is 80.3 Å². The molecule has 5 rings (SSSR count). The van der Waals surface area contributed by atoms with Crippen LogP contribution in [0.1, 0.15) is 69.4 Å². The lowest BCUT2D eigenvalue weighted by Crippen LogP contribution is -2.12. The van der Waals surface area contributed by atoms with Crippen molar-refractivity contribution in [1.82, 2.24) is 4.98 Å². The molecule has 9 nitrogen and oxygen atoms in total. The van der Waals surface area contributed by atoms with Crippen LogP contribution in [-0.4, -0.2) is 42.3 Å². The molecule has 9 heteroatoms. The number of benzene rings is 2. The van der Waals surface area contributed by atoms with E-state index in [9.17, 15) is 19.2 Å². The fourth-order valence-electron chi connectivity index (χ4n) is 5.03. The first-order valence-electron chi connectivity index (χ1n) is 12.9. The molecule has 2 amide bonds. The fourth-order valence-corrected chi connectivity index (χ4v) is 5.03. The van der Waals surface area contributed by atoms with Crippen molar-refractivity contribution in [2.24, 2.45) is 0 Å². The average Bonchev–Trinajstić information content (AvgIpc) is 3.44. The highest BCUT2D eigenvalue weighted by molar-refractivity contribution is 6.35. The van der Waals surface area contributed by atoms with Crippen LogP contribution in [0.25, 0.3) is 11.6 Å². The molecule has 2 aromatic carbocycles. The van der Waals surface area contributed by atoms with Gasteiger partial charge in [0.2, 0.25) is 0 Å². The Labute approximate surface area is 225 Å². The maximum absolute atomic E-state index is 13.0. The van der Waals surface area contributed by atoms with E-state index in [1.807, 2.05) is 0 Å². The van der Waals surface area contributed by atoms with Gasteiger partial charge in [-0.15, -0.1) is 0 Å². The van der Waals surface area contributed by atoms with Crippen molar-refractivity contribution in [3.63, 3.8) is 0 Å². The lowest BCUT2D eigenvalue weighted by molar-refractivity contribution is -0.143. The van der Waals surface area contributed by atoms with E-state index < -0.39 is 0 Å². The van der Waals surface area contributed by atoms with Crippen LogP contribution in [0.5, 0.6) is 5.75 Å². The van der Waals surface area contributed by atoms with E-state index in [0.717, 1.165) is 24.1 Å². The number of nitrogens with one attached hydrogen (secondary N) is 3. The average molecular weight is 528 g/mol. The molecule has 0 saturated carbocycles. The van der Waals surface area contributed by atoms with Gasteiger partial charge in [-0.1, -0.05) is 0 Å². The minimum Gasteiger partial charge on any atom is -0.497 e. The Morgan fingerprint density at radius 1 is 1.08 bits per heavy atom. The Bertz CT molecular complexity index is 1500. The Kier molecular flexibility index (Phi) is 7.31. The number of carbonyl (C=O) groups excluding carboxylic acids is 4. The summed E-state index contributed by atoms with van der Waals surface area (Å²) in [5.74, 6) is -0.236. The summed E-state index contributed by atoms with van der Waals surface area (Å²) in [5.41, 5.74) is 5.44. The van der Waals surface area contributed by atoms with Crippen molar-refractivity contribution >= 4 is 46.6 Å². The van der Waals surface area contributed by atoms with E-state index in [0.29, 0.717) is 57.9 Å². The highest BCUT2D eigenvalue weighted by Gasteiger charge is 2.29. The molecule has 0 saturated heterocycles. The van der Waals surface area contributed by atoms with Crippen LogP contribution < -0.4 is 15.4 Å². The van der Waals surface area contributed by atoms with Crippen molar-refractivity contribution in [3.05, 3.63) is 76.1 Å². The van der Waals surface area contributed by atoms with Gasteiger partial charge < -0.3 is 25.1 Å². The molecule has 0 bridgehead atoms. The highest BCUT2D eigenvalue weighted by Crippen LogP contribution is 2.37. The van der Waals surface area contributed by atoms with Crippen molar-refractivity contribution in [2.45, 2.75) is 39.0 Å². The van der Waals surface area contributed by atoms with Gasteiger partial charge in [0.05, 0.1) is 19.3 Å². The Morgan fingerprint density at radius 2 is 1.87 bits per heavy atom. The summed E-state index contributed by atoms with van der Waals surface area (Å²) in [6.45, 7) is 2.04. The van der Waals surface area contributed by atoms with E-state index in [4.69, 9.17) is 9.47 Å². The lowest BCUT2D eigenvalue weighted by atomic mass is 9.91. The molecule has 0 radical (unpaired) electrons. The molecule has 0 spiro atoms. The molecule has 1 aromatic heterocycles. The third-order valence-corrected chi connectivity index (χ3v) is 6.91. The molecule has 200 valence electrons. The molecule has 39 heavy (non-hydrogen) atoms. The van der Waals surface area contributed by atoms with Crippen molar-refractivity contribution in [1.29, 1.82) is 0 Å². The topological polar surface area (TPSA) is 127 Å². The van der Waals surface area contributed by atoms with Crippen LogP contribution in [0.4, 0.5) is 11.4 Å². The van der Waals surface area contributed by atoms with Gasteiger partial charge in [0, 0.05) is 52.3 Å². The largest absolute Gasteiger partial charge is 0.497 e. The molecule has 2 aliphatic rings. The number of carbonyl (C=O) groups is 4. The maximum Gasteiger partial charge on any atom is 0.306 e. The zero-order valence-corrected chi connectivity index (χ0v) is 21.8. The molecular weight excluding hydrogens is 498 g/mol.